The second-order valence-electron chi connectivity index (χ2n) is 4.56. The van der Waals surface area contributed by atoms with Crippen LogP contribution in [0.25, 0.3) is 5.53 Å². The molecule has 74 valence electrons. The lowest BCUT2D eigenvalue weighted by molar-refractivity contribution is -0.0156. The molecule has 0 spiro atoms. The van der Waals surface area contributed by atoms with Crippen molar-refractivity contribution in [3.8, 4) is 0 Å². The van der Waals surface area contributed by atoms with Gasteiger partial charge in [0.05, 0.1) is 11.0 Å². The summed E-state index contributed by atoms with van der Waals surface area (Å²) in [4.78, 5) is 3.38. The Morgan fingerprint density at radius 1 is 1.14 bits per heavy atom. The zero-order chi connectivity index (χ0) is 10.8. The van der Waals surface area contributed by atoms with Gasteiger partial charge in [0.15, 0.2) is 0 Å². The summed E-state index contributed by atoms with van der Waals surface area (Å²) < 4.78 is 0. The summed E-state index contributed by atoms with van der Waals surface area (Å²) in [5.74, 6) is 0. The van der Waals surface area contributed by atoms with E-state index in [9.17, 15) is 0 Å². The first-order valence-electron chi connectivity index (χ1n) is 4.74. The average Bonchev–Trinajstić information content (AvgIpc) is 2.07. The van der Waals surface area contributed by atoms with Gasteiger partial charge >= 0.3 is 5.71 Å². The van der Waals surface area contributed by atoms with Gasteiger partial charge in [-0.25, -0.2) is 0 Å². The van der Waals surface area contributed by atoms with E-state index in [0.29, 0.717) is 0 Å². The van der Waals surface area contributed by atoms with Crippen molar-refractivity contribution in [1.29, 1.82) is 0 Å². The van der Waals surface area contributed by atoms with Crippen molar-refractivity contribution in [2.24, 2.45) is 5.41 Å². The van der Waals surface area contributed by atoms with Crippen LogP contribution in [0.5, 0.6) is 0 Å². The molecule has 0 fully saturated rings. The molecule has 0 bridgehead atoms. The third kappa shape index (κ3) is 2.30. The fourth-order valence-corrected chi connectivity index (χ4v) is 1.35. The second-order valence-corrected chi connectivity index (χ2v) is 4.56. The lowest BCUT2D eigenvalue weighted by Crippen LogP contribution is -2.22. The molecule has 0 saturated heterocycles. The molecule has 0 aliphatic heterocycles. The number of aryl methyl sites for hydroxylation is 1. The Kier molecular flexibility index (Phi) is 2.87. The highest BCUT2D eigenvalue weighted by molar-refractivity contribution is 6.00. The third-order valence-electron chi connectivity index (χ3n) is 2.14. The lowest BCUT2D eigenvalue weighted by Gasteiger charge is -2.12. The van der Waals surface area contributed by atoms with Gasteiger partial charge in [-0.1, -0.05) is 17.7 Å². The minimum Gasteiger partial charge on any atom is -0.361 e. The summed E-state index contributed by atoms with van der Waals surface area (Å²) in [7, 11) is 0. The van der Waals surface area contributed by atoms with Crippen molar-refractivity contribution in [2.45, 2.75) is 27.7 Å². The highest BCUT2D eigenvalue weighted by Crippen LogP contribution is 2.20. The molecule has 0 radical (unpaired) electrons. The molecular weight excluding hydrogens is 172 g/mol. The molecule has 0 amide bonds. The predicted octanol–water partition coefficient (Wildman–Crippen LogP) is 3.06. The van der Waals surface area contributed by atoms with E-state index in [1.165, 1.54) is 5.56 Å². The first kappa shape index (κ1) is 10.7. The van der Waals surface area contributed by atoms with Gasteiger partial charge in [-0.2, -0.15) is 4.79 Å². The van der Waals surface area contributed by atoms with E-state index < -0.39 is 0 Å². The van der Waals surface area contributed by atoms with Crippen LogP contribution in [0.4, 0.5) is 0 Å². The Bertz CT molecular complexity index is 362. The van der Waals surface area contributed by atoms with Crippen LogP contribution >= 0.6 is 0 Å². The molecule has 0 atom stereocenters. The second kappa shape index (κ2) is 3.77. The number of nitrogens with zero attached hydrogens (tertiary/aromatic N) is 2. The summed E-state index contributed by atoms with van der Waals surface area (Å²) in [6.07, 6.45) is 0. The molecule has 2 heteroatoms. The average molecular weight is 188 g/mol. The van der Waals surface area contributed by atoms with Gasteiger partial charge in [-0.3, -0.25) is 0 Å². The molecule has 2 nitrogen and oxygen atoms in total. The van der Waals surface area contributed by atoms with Crippen molar-refractivity contribution in [1.82, 2.24) is 0 Å². The van der Waals surface area contributed by atoms with Crippen molar-refractivity contribution in [3.63, 3.8) is 0 Å². The molecule has 1 rings (SSSR count). The van der Waals surface area contributed by atoms with E-state index in [1.807, 2.05) is 52.0 Å². The highest BCUT2D eigenvalue weighted by atomic mass is 14.9. The standard InChI is InChI=1S/C12H16N2/c1-9-5-7-10(8-6-9)11(14-13)12(2,3)4/h5-8H,1-4H3. The summed E-state index contributed by atoms with van der Waals surface area (Å²) >= 11 is 0. The van der Waals surface area contributed by atoms with Crippen LogP contribution in [-0.4, -0.2) is 10.5 Å². The number of hydrogen-bond acceptors (Lipinski definition) is 0. The summed E-state index contributed by atoms with van der Waals surface area (Å²) in [5, 5.41) is 0. The molecule has 0 saturated carbocycles. The van der Waals surface area contributed by atoms with Crippen LogP contribution < -0.4 is 0 Å². The topological polar surface area (TPSA) is 36.4 Å². The van der Waals surface area contributed by atoms with Gasteiger partial charge in [-0.05, 0) is 39.8 Å². The predicted molar refractivity (Wildman–Crippen MR) is 58.4 cm³/mol. The van der Waals surface area contributed by atoms with E-state index in [0.717, 1.165) is 11.3 Å². The van der Waals surface area contributed by atoms with Gasteiger partial charge in [0.25, 0.3) is 0 Å². The molecular formula is C12H16N2. The molecule has 1 aromatic rings. The van der Waals surface area contributed by atoms with Crippen molar-refractivity contribution < 1.29 is 4.79 Å². The highest BCUT2D eigenvalue weighted by Gasteiger charge is 2.28. The zero-order valence-corrected chi connectivity index (χ0v) is 9.20. The van der Waals surface area contributed by atoms with Crippen LogP contribution in [-0.2, 0) is 0 Å². The van der Waals surface area contributed by atoms with Gasteiger partial charge in [0.1, 0.15) is 0 Å². The maximum absolute atomic E-state index is 8.97. The fraction of sp³-hybridized carbons (Fsp3) is 0.417. The molecule has 14 heavy (non-hydrogen) atoms. The normalized spacial score (nSPS) is 10.9. The molecule has 0 N–H and O–H groups in total. The summed E-state index contributed by atoms with van der Waals surface area (Å²) in [6, 6.07) is 8.00. The third-order valence-corrected chi connectivity index (χ3v) is 2.14. The van der Waals surface area contributed by atoms with Crippen molar-refractivity contribution in [3.05, 3.63) is 40.9 Å². The first-order valence-corrected chi connectivity index (χ1v) is 4.74. The Morgan fingerprint density at radius 3 is 2.00 bits per heavy atom. The van der Waals surface area contributed by atoms with E-state index in [1.54, 1.807) is 0 Å². The largest absolute Gasteiger partial charge is 0.361 e. The summed E-state index contributed by atoms with van der Waals surface area (Å²) in [6.45, 7) is 8.13. The lowest BCUT2D eigenvalue weighted by atomic mass is 9.85. The molecule has 0 aromatic heterocycles. The van der Waals surface area contributed by atoms with Gasteiger partial charge < -0.3 is 5.53 Å². The quantitative estimate of drug-likeness (QED) is 0.369. The molecule has 0 unspecified atom stereocenters. The van der Waals surface area contributed by atoms with Crippen LogP contribution in [0, 0.1) is 12.3 Å². The van der Waals surface area contributed by atoms with Crippen LogP contribution in [0.2, 0.25) is 0 Å². The van der Waals surface area contributed by atoms with E-state index in [4.69, 9.17) is 5.53 Å². The van der Waals surface area contributed by atoms with Gasteiger partial charge in [0.2, 0.25) is 0 Å². The number of benzene rings is 1. The van der Waals surface area contributed by atoms with E-state index in [-0.39, 0.29) is 5.41 Å². The Hall–Kier alpha value is -1.40. The Balaban J connectivity index is 3.16. The Labute approximate surface area is 85.2 Å². The molecule has 0 aliphatic carbocycles. The fourth-order valence-electron chi connectivity index (χ4n) is 1.35. The maximum Gasteiger partial charge on any atom is 0.304 e. The Morgan fingerprint density at radius 2 is 1.64 bits per heavy atom. The van der Waals surface area contributed by atoms with Crippen LogP contribution in [0.15, 0.2) is 24.3 Å². The summed E-state index contributed by atoms with van der Waals surface area (Å²) in [5.41, 5.74) is 11.7. The number of hydrogen-bond donors (Lipinski definition) is 0. The molecule has 0 aliphatic rings. The van der Waals surface area contributed by atoms with Crippen molar-refractivity contribution in [2.75, 3.05) is 0 Å². The van der Waals surface area contributed by atoms with Crippen molar-refractivity contribution >= 4 is 5.71 Å². The first-order chi connectivity index (χ1) is 6.45. The van der Waals surface area contributed by atoms with Gasteiger partial charge in [-0.15, -0.1) is 0 Å². The minimum atomic E-state index is -0.135. The zero-order valence-electron chi connectivity index (χ0n) is 9.20. The van der Waals surface area contributed by atoms with E-state index in [2.05, 4.69) is 4.79 Å². The molecule has 1 aromatic carbocycles. The van der Waals surface area contributed by atoms with Crippen LogP contribution in [0.1, 0.15) is 31.9 Å². The van der Waals surface area contributed by atoms with Crippen LogP contribution in [0.3, 0.4) is 0 Å². The minimum absolute atomic E-state index is 0.135. The maximum atomic E-state index is 8.97. The number of rotatable bonds is 1. The van der Waals surface area contributed by atoms with Gasteiger partial charge in [0, 0.05) is 0 Å². The SMILES string of the molecule is Cc1ccc(C(=[N+]=[N-])C(C)(C)C)cc1. The monoisotopic (exact) mass is 188 g/mol. The molecule has 0 heterocycles. The smallest absolute Gasteiger partial charge is 0.304 e. The van der Waals surface area contributed by atoms with E-state index >= 15 is 0 Å².